The molecular weight excluding hydrogens is 372 g/mol. The van der Waals surface area contributed by atoms with Crippen LogP contribution in [0.25, 0.3) is 0 Å². The fourth-order valence-electron chi connectivity index (χ4n) is 3.03. The fourth-order valence-corrected chi connectivity index (χ4v) is 5.08. The second-order valence-corrected chi connectivity index (χ2v) is 9.48. The summed E-state index contributed by atoms with van der Waals surface area (Å²) in [5.41, 5.74) is 2.14. The first-order valence-electron chi connectivity index (χ1n) is 8.35. The summed E-state index contributed by atoms with van der Waals surface area (Å²) in [5, 5.41) is 4.71. The number of carbonyl (C=O) groups excluding carboxylic acids is 1. The maximum absolute atomic E-state index is 12.8. The number of nitrogens with one attached hydrogen (secondary N) is 1. The van der Waals surface area contributed by atoms with Gasteiger partial charge >= 0.3 is 0 Å². The molecule has 0 atom stereocenters. The van der Waals surface area contributed by atoms with Gasteiger partial charge in [0.25, 0.3) is 5.91 Å². The van der Waals surface area contributed by atoms with Crippen molar-refractivity contribution in [1.82, 2.24) is 4.31 Å². The summed E-state index contributed by atoms with van der Waals surface area (Å²) in [6.07, 6.45) is 4.18. The first-order valence-corrected chi connectivity index (χ1v) is 10.7. The van der Waals surface area contributed by atoms with Gasteiger partial charge < -0.3 is 10.1 Å². The monoisotopic (exact) mass is 394 g/mol. The summed E-state index contributed by atoms with van der Waals surface area (Å²) in [7, 11) is 0.819. The Hall–Kier alpha value is -1.90. The highest BCUT2D eigenvalue weighted by Crippen LogP contribution is 2.33. The van der Waals surface area contributed by atoms with Gasteiger partial charge in [0.2, 0.25) is 10.0 Å². The normalized spacial score (nSPS) is 14.2. The Labute approximate surface area is 157 Å². The number of benzene rings is 1. The molecule has 26 heavy (non-hydrogen) atoms. The van der Waals surface area contributed by atoms with E-state index in [-0.39, 0.29) is 10.8 Å². The smallest absolute Gasteiger partial charge is 0.256 e. The minimum absolute atomic E-state index is 0.103. The lowest BCUT2D eigenvalue weighted by atomic mass is 9.95. The topological polar surface area (TPSA) is 75.7 Å². The van der Waals surface area contributed by atoms with Crippen LogP contribution >= 0.6 is 11.3 Å². The van der Waals surface area contributed by atoms with E-state index >= 15 is 0 Å². The van der Waals surface area contributed by atoms with Crippen molar-refractivity contribution in [1.29, 1.82) is 0 Å². The van der Waals surface area contributed by atoms with Gasteiger partial charge in [0.05, 0.1) is 23.3 Å². The fraction of sp³-hybridized carbons (Fsp3) is 0.389. The number of ether oxygens (including phenoxy) is 1. The summed E-state index contributed by atoms with van der Waals surface area (Å²) in [6.45, 7) is 0. The SMILES string of the molecule is COc1ccc(S(=O)(=O)N(C)C)cc1NC(=O)c1csc2c1CCCC2. The van der Waals surface area contributed by atoms with E-state index in [0.29, 0.717) is 17.0 Å². The Morgan fingerprint density at radius 1 is 1.23 bits per heavy atom. The highest BCUT2D eigenvalue weighted by Gasteiger charge is 2.23. The molecule has 0 radical (unpaired) electrons. The van der Waals surface area contributed by atoms with Gasteiger partial charge in [0.15, 0.2) is 0 Å². The summed E-state index contributed by atoms with van der Waals surface area (Å²) in [6, 6.07) is 4.45. The van der Waals surface area contributed by atoms with Crippen LogP contribution in [0.1, 0.15) is 33.6 Å². The first-order chi connectivity index (χ1) is 12.3. The molecule has 0 fully saturated rings. The van der Waals surface area contributed by atoms with Crippen LogP contribution in [-0.2, 0) is 22.9 Å². The molecule has 1 heterocycles. The minimum atomic E-state index is -3.60. The molecule has 6 nitrogen and oxygen atoms in total. The molecule has 0 spiro atoms. The van der Waals surface area contributed by atoms with Crippen LogP contribution in [0.2, 0.25) is 0 Å². The van der Waals surface area contributed by atoms with Crippen molar-refractivity contribution in [2.75, 3.05) is 26.5 Å². The van der Waals surface area contributed by atoms with Crippen molar-refractivity contribution in [3.8, 4) is 5.75 Å². The highest BCUT2D eigenvalue weighted by atomic mass is 32.2. The van der Waals surface area contributed by atoms with Gasteiger partial charge in [-0.25, -0.2) is 12.7 Å². The molecule has 140 valence electrons. The van der Waals surface area contributed by atoms with E-state index in [0.717, 1.165) is 35.6 Å². The maximum Gasteiger partial charge on any atom is 0.256 e. The average molecular weight is 395 g/mol. The zero-order valence-electron chi connectivity index (χ0n) is 15.0. The molecule has 1 aliphatic carbocycles. The van der Waals surface area contributed by atoms with E-state index < -0.39 is 10.0 Å². The van der Waals surface area contributed by atoms with Gasteiger partial charge in [-0.15, -0.1) is 11.3 Å². The van der Waals surface area contributed by atoms with Crippen LogP contribution in [0.5, 0.6) is 5.75 Å². The Bertz CT molecular complexity index is 933. The quantitative estimate of drug-likeness (QED) is 0.845. The Balaban J connectivity index is 1.93. The number of thiophene rings is 1. The van der Waals surface area contributed by atoms with Crippen molar-refractivity contribution in [3.63, 3.8) is 0 Å². The van der Waals surface area contributed by atoms with E-state index in [9.17, 15) is 13.2 Å². The Morgan fingerprint density at radius 3 is 2.65 bits per heavy atom. The predicted octanol–water partition coefficient (Wildman–Crippen LogP) is 3.14. The zero-order chi connectivity index (χ0) is 18.9. The average Bonchev–Trinajstić information content (AvgIpc) is 3.05. The van der Waals surface area contributed by atoms with Gasteiger partial charge in [-0.3, -0.25) is 4.79 Å². The van der Waals surface area contributed by atoms with E-state index in [4.69, 9.17) is 4.74 Å². The molecule has 0 saturated carbocycles. The van der Waals surface area contributed by atoms with Gasteiger partial charge in [-0.1, -0.05) is 0 Å². The summed E-state index contributed by atoms with van der Waals surface area (Å²) < 4.78 is 31.1. The highest BCUT2D eigenvalue weighted by molar-refractivity contribution is 7.89. The van der Waals surface area contributed by atoms with Gasteiger partial charge in [-0.2, -0.15) is 0 Å². The molecule has 0 unspecified atom stereocenters. The van der Waals surface area contributed by atoms with E-state index in [1.165, 1.54) is 38.2 Å². The second-order valence-electron chi connectivity index (χ2n) is 6.36. The lowest BCUT2D eigenvalue weighted by molar-refractivity contribution is 0.102. The van der Waals surface area contributed by atoms with Crippen molar-refractivity contribution in [2.45, 2.75) is 30.6 Å². The van der Waals surface area contributed by atoms with Crippen LogP contribution < -0.4 is 10.1 Å². The third-order valence-electron chi connectivity index (χ3n) is 4.50. The molecule has 1 aliphatic rings. The van der Waals surface area contributed by atoms with Crippen LogP contribution in [0.15, 0.2) is 28.5 Å². The number of fused-ring (bicyclic) bond motifs is 1. The lowest BCUT2D eigenvalue weighted by Crippen LogP contribution is -2.22. The number of rotatable bonds is 5. The number of methoxy groups -OCH3 is 1. The van der Waals surface area contributed by atoms with Crippen LogP contribution in [0, 0.1) is 0 Å². The van der Waals surface area contributed by atoms with E-state index in [1.807, 2.05) is 5.38 Å². The Kier molecular flexibility index (Phi) is 5.36. The number of anilines is 1. The molecular formula is C18H22N2O4S2. The van der Waals surface area contributed by atoms with E-state index in [1.54, 1.807) is 17.4 Å². The third-order valence-corrected chi connectivity index (χ3v) is 7.40. The minimum Gasteiger partial charge on any atom is -0.495 e. The van der Waals surface area contributed by atoms with Crippen LogP contribution in [0.4, 0.5) is 5.69 Å². The number of hydrogen-bond donors (Lipinski definition) is 1. The molecule has 1 aromatic heterocycles. The van der Waals surface area contributed by atoms with Gasteiger partial charge in [0.1, 0.15) is 5.75 Å². The van der Waals surface area contributed by atoms with Crippen molar-refractivity contribution in [2.24, 2.45) is 0 Å². The lowest BCUT2D eigenvalue weighted by Gasteiger charge is -2.16. The van der Waals surface area contributed by atoms with E-state index in [2.05, 4.69) is 5.32 Å². The number of sulfonamides is 1. The standard InChI is InChI=1S/C18H22N2O4S2/c1-20(2)26(22,23)12-8-9-16(24-3)15(10-12)19-18(21)14-11-25-17-7-5-4-6-13(14)17/h8-11H,4-7H2,1-3H3,(H,19,21). The predicted molar refractivity (Wildman–Crippen MR) is 103 cm³/mol. The number of carbonyl (C=O) groups is 1. The first kappa shape index (κ1) is 18.9. The summed E-state index contributed by atoms with van der Waals surface area (Å²) >= 11 is 1.62. The van der Waals surface area contributed by atoms with Crippen LogP contribution in [0.3, 0.4) is 0 Å². The molecule has 2 aromatic rings. The molecule has 1 N–H and O–H groups in total. The Morgan fingerprint density at radius 2 is 1.96 bits per heavy atom. The second kappa shape index (κ2) is 7.38. The molecule has 1 aromatic carbocycles. The maximum atomic E-state index is 12.8. The number of nitrogens with zero attached hydrogens (tertiary/aromatic N) is 1. The largest absolute Gasteiger partial charge is 0.495 e. The molecule has 0 aliphatic heterocycles. The zero-order valence-corrected chi connectivity index (χ0v) is 16.7. The molecule has 3 rings (SSSR count). The summed E-state index contributed by atoms with van der Waals surface area (Å²) in [4.78, 5) is 14.2. The molecule has 1 amide bonds. The third kappa shape index (κ3) is 3.49. The molecule has 8 heteroatoms. The van der Waals surface area contributed by atoms with Gasteiger partial charge in [0, 0.05) is 24.4 Å². The molecule has 0 bridgehead atoms. The van der Waals surface area contributed by atoms with Crippen molar-refractivity contribution in [3.05, 3.63) is 39.6 Å². The number of amides is 1. The van der Waals surface area contributed by atoms with Gasteiger partial charge in [-0.05, 0) is 49.4 Å². The van der Waals surface area contributed by atoms with Crippen LogP contribution in [-0.4, -0.2) is 39.8 Å². The number of aryl methyl sites for hydroxylation is 1. The van der Waals surface area contributed by atoms with Crippen molar-refractivity contribution >= 4 is 33.0 Å². The molecule has 0 saturated heterocycles. The summed E-state index contributed by atoms with van der Waals surface area (Å²) in [5.74, 6) is 0.183. The van der Waals surface area contributed by atoms with Crippen molar-refractivity contribution < 1.29 is 17.9 Å². The number of hydrogen-bond acceptors (Lipinski definition) is 5.